The van der Waals surface area contributed by atoms with E-state index >= 15 is 0 Å². The molecule has 0 spiro atoms. The Bertz CT molecular complexity index is 639. The van der Waals surface area contributed by atoms with Gasteiger partial charge in [-0.1, -0.05) is 67.6 Å². The molecule has 1 unspecified atom stereocenters. The third-order valence-electron chi connectivity index (χ3n) is 4.84. The zero-order chi connectivity index (χ0) is 16.1. The lowest BCUT2D eigenvalue weighted by Crippen LogP contribution is -2.34. The van der Waals surface area contributed by atoms with E-state index in [0.29, 0.717) is 0 Å². The van der Waals surface area contributed by atoms with Gasteiger partial charge in [-0.2, -0.15) is 0 Å². The lowest BCUT2D eigenvalue weighted by atomic mass is 9.99. The molecule has 1 heteroatoms. The number of benzene rings is 2. The van der Waals surface area contributed by atoms with Crippen LogP contribution in [0.25, 0.3) is 16.7 Å². The quantitative estimate of drug-likeness (QED) is 0.722. The van der Waals surface area contributed by atoms with E-state index < -0.39 is 0 Å². The van der Waals surface area contributed by atoms with Gasteiger partial charge in [0, 0.05) is 13.1 Å². The first-order valence-corrected chi connectivity index (χ1v) is 8.77. The van der Waals surface area contributed by atoms with E-state index in [4.69, 9.17) is 0 Å². The highest BCUT2D eigenvalue weighted by Crippen LogP contribution is 2.22. The molecule has 1 atom stereocenters. The minimum absolute atomic E-state index is 0.850. The predicted molar refractivity (Wildman–Crippen MR) is 100 cm³/mol. The van der Waals surface area contributed by atoms with Gasteiger partial charge in [0.15, 0.2) is 0 Å². The first-order valence-electron chi connectivity index (χ1n) is 8.77. The Morgan fingerprint density at radius 3 is 2.43 bits per heavy atom. The largest absolute Gasteiger partial charge is 0.299 e. The van der Waals surface area contributed by atoms with Crippen molar-refractivity contribution in [1.29, 1.82) is 0 Å². The van der Waals surface area contributed by atoms with Gasteiger partial charge in [0.1, 0.15) is 0 Å². The topological polar surface area (TPSA) is 3.24 Å². The van der Waals surface area contributed by atoms with E-state index in [1.54, 1.807) is 0 Å². The van der Waals surface area contributed by atoms with Crippen molar-refractivity contribution in [2.24, 2.45) is 5.92 Å². The number of piperidine rings is 1. The third-order valence-corrected chi connectivity index (χ3v) is 4.84. The van der Waals surface area contributed by atoms with Crippen molar-refractivity contribution in [2.75, 3.05) is 19.6 Å². The van der Waals surface area contributed by atoms with Gasteiger partial charge in [0.2, 0.25) is 0 Å². The average Bonchev–Trinajstić information content (AvgIpc) is 2.61. The molecule has 1 fully saturated rings. The fraction of sp³-hybridized carbons (Fsp3) is 0.364. The molecule has 1 aliphatic heterocycles. The molecule has 0 aromatic heterocycles. The Hall–Kier alpha value is -1.86. The molecule has 1 saturated heterocycles. The standard InChI is InChI=1S/C22H27N/c1-18-7-6-15-23(17-18)16-14-19(2)20-10-12-22(13-11-20)21-8-4-3-5-9-21/h3-5,8-14,18H,6-7,15-17H2,1-2H3. The molecule has 0 saturated carbocycles. The molecule has 0 amide bonds. The van der Waals surface area contributed by atoms with Gasteiger partial charge in [-0.3, -0.25) is 4.90 Å². The zero-order valence-electron chi connectivity index (χ0n) is 14.3. The summed E-state index contributed by atoms with van der Waals surface area (Å²) in [5.74, 6) is 0.850. The second-order valence-electron chi connectivity index (χ2n) is 6.84. The molecule has 0 N–H and O–H groups in total. The van der Waals surface area contributed by atoms with Gasteiger partial charge in [-0.15, -0.1) is 0 Å². The van der Waals surface area contributed by atoms with Crippen molar-refractivity contribution in [3.8, 4) is 11.1 Å². The van der Waals surface area contributed by atoms with E-state index in [1.807, 2.05) is 0 Å². The van der Waals surface area contributed by atoms with E-state index in [9.17, 15) is 0 Å². The van der Waals surface area contributed by atoms with Crippen molar-refractivity contribution in [1.82, 2.24) is 4.90 Å². The summed E-state index contributed by atoms with van der Waals surface area (Å²) in [6.07, 6.45) is 5.12. The monoisotopic (exact) mass is 305 g/mol. The van der Waals surface area contributed by atoms with Crippen molar-refractivity contribution >= 4 is 5.57 Å². The van der Waals surface area contributed by atoms with E-state index in [1.165, 1.54) is 48.2 Å². The highest BCUT2D eigenvalue weighted by molar-refractivity contribution is 5.69. The first kappa shape index (κ1) is 16.0. The number of likely N-dealkylation sites (tertiary alicyclic amines) is 1. The Balaban J connectivity index is 1.65. The second kappa shape index (κ2) is 7.61. The van der Waals surface area contributed by atoms with Crippen LogP contribution in [0, 0.1) is 5.92 Å². The fourth-order valence-electron chi connectivity index (χ4n) is 3.39. The number of rotatable bonds is 4. The van der Waals surface area contributed by atoms with Crippen LogP contribution in [0.3, 0.4) is 0 Å². The zero-order valence-corrected chi connectivity index (χ0v) is 14.3. The minimum atomic E-state index is 0.850. The van der Waals surface area contributed by atoms with Gasteiger partial charge in [-0.05, 0) is 54.5 Å². The van der Waals surface area contributed by atoms with E-state index in [2.05, 4.69) is 79.4 Å². The highest BCUT2D eigenvalue weighted by atomic mass is 15.1. The van der Waals surface area contributed by atoms with Crippen molar-refractivity contribution < 1.29 is 0 Å². The van der Waals surface area contributed by atoms with Crippen LogP contribution in [0.2, 0.25) is 0 Å². The highest BCUT2D eigenvalue weighted by Gasteiger charge is 2.14. The van der Waals surface area contributed by atoms with Crippen LogP contribution < -0.4 is 0 Å². The smallest absolute Gasteiger partial charge is 0.0169 e. The molecule has 3 rings (SSSR count). The summed E-state index contributed by atoms with van der Waals surface area (Å²) in [6.45, 7) is 8.17. The van der Waals surface area contributed by atoms with E-state index in [-0.39, 0.29) is 0 Å². The Kier molecular flexibility index (Phi) is 5.30. The van der Waals surface area contributed by atoms with Crippen LogP contribution in [0.4, 0.5) is 0 Å². The van der Waals surface area contributed by atoms with Gasteiger partial charge >= 0.3 is 0 Å². The van der Waals surface area contributed by atoms with Crippen LogP contribution in [0.15, 0.2) is 60.7 Å². The van der Waals surface area contributed by atoms with Crippen LogP contribution in [0.5, 0.6) is 0 Å². The Morgan fingerprint density at radius 1 is 1.04 bits per heavy atom. The average molecular weight is 305 g/mol. The molecule has 1 heterocycles. The molecule has 1 nitrogen and oxygen atoms in total. The van der Waals surface area contributed by atoms with E-state index in [0.717, 1.165) is 12.5 Å². The Labute approximate surface area is 140 Å². The number of nitrogens with zero attached hydrogens (tertiary/aromatic N) is 1. The molecule has 120 valence electrons. The van der Waals surface area contributed by atoms with Crippen molar-refractivity contribution in [3.63, 3.8) is 0 Å². The summed E-state index contributed by atoms with van der Waals surface area (Å²) >= 11 is 0. The SMILES string of the molecule is CC(=CCN1CCCC(C)C1)c1ccc(-c2ccccc2)cc1. The summed E-state index contributed by atoms with van der Waals surface area (Å²) in [4.78, 5) is 2.58. The minimum Gasteiger partial charge on any atom is -0.299 e. The first-order chi connectivity index (χ1) is 11.2. The summed E-state index contributed by atoms with van der Waals surface area (Å²) in [5.41, 5.74) is 5.27. The molecule has 0 aliphatic carbocycles. The van der Waals surface area contributed by atoms with Crippen molar-refractivity contribution in [2.45, 2.75) is 26.7 Å². The summed E-state index contributed by atoms with van der Waals surface area (Å²) in [6, 6.07) is 19.5. The van der Waals surface area contributed by atoms with Crippen LogP contribution in [-0.2, 0) is 0 Å². The van der Waals surface area contributed by atoms with Gasteiger partial charge in [-0.25, -0.2) is 0 Å². The van der Waals surface area contributed by atoms with Crippen LogP contribution in [0.1, 0.15) is 32.3 Å². The Morgan fingerprint density at radius 2 is 1.74 bits per heavy atom. The lowest BCUT2D eigenvalue weighted by molar-refractivity contribution is 0.201. The molecular formula is C22H27N. The maximum Gasteiger partial charge on any atom is 0.0169 e. The predicted octanol–water partition coefficient (Wildman–Crippen LogP) is 5.49. The van der Waals surface area contributed by atoms with Gasteiger partial charge in [0.05, 0.1) is 0 Å². The molecular weight excluding hydrogens is 278 g/mol. The number of allylic oxidation sites excluding steroid dienone is 1. The second-order valence-corrected chi connectivity index (χ2v) is 6.84. The summed E-state index contributed by atoms with van der Waals surface area (Å²) in [5, 5.41) is 0. The fourth-order valence-corrected chi connectivity index (χ4v) is 3.39. The normalized spacial score (nSPS) is 19.7. The van der Waals surface area contributed by atoms with Crippen LogP contribution in [-0.4, -0.2) is 24.5 Å². The maximum atomic E-state index is 2.58. The molecule has 0 radical (unpaired) electrons. The maximum absolute atomic E-state index is 2.58. The van der Waals surface area contributed by atoms with Gasteiger partial charge in [0.25, 0.3) is 0 Å². The number of hydrogen-bond acceptors (Lipinski definition) is 1. The third kappa shape index (κ3) is 4.33. The van der Waals surface area contributed by atoms with Crippen molar-refractivity contribution in [3.05, 3.63) is 66.2 Å². The lowest BCUT2D eigenvalue weighted by Gasteiger charge is -2.30. The molecule has 23 heavy (non-hydrogen) atoms. The number of hydrogen-bond donors (Lipinski definition) is 0. The molecule has 2 aromatic rings. The molecule has 1 aliphatic rings. The summed E-state index contributed by atoms with van der Waals surface area (Å²) in [7, 11) is 0. The molecule has 2 aromatic carbocycles. The molecule has 0 bridgehead atoms. The van der Waals surface area contributed by atoms with Crippen LogP contribution >= 0.6 is 0 Å². The van der Waals surface area contributed by atoms with Gasteiger partial charge < -0.3 is 0 Å². The summed E-state index contributed by atoms with van der Waals surface area (Å²) < 4.78 is 0.